The first-order valence-corrected chi connectivity index (χ1v) is 10.2. The van der Waals surface area contributed by atoms with Gasteiger partial charge in [0.2, 0.25) is 0 Å². The molecule has 1 aliphatic heterocycles. The van der Waals surface area contributed by atoms with E-state index in [0.717, 1.165) is 15.3 Å². The SMILES string of the molecule is Cc1cc(-c2cc(C(=O)ON3C(=O)c4ccccc4C3=O)c3c(C)noc3n2)c(C)s1. The van der Waals surface area contributed by atoms with Gasteiger partial charge in [0.15, 0.2) is 0 Å². The smallest absolute Gasteiger partial charge is 0.335 e. The molecule has 4 heterocycles. The van der Waals surface area contributed by atoms with Gasteiger partial charge in [0, 0.05) is 15.3 Å². The summed E-state index contributed by atoms with van der Waals surface area (Å²) in [5.41, 5.74) is 2.47. The Balaban J connectivity index is 1.57. The van der Waals surface area contributed by atoms with E-state index in [2.05, 4.69) is 10.1 Å². The number of nitrogens with zero attached hydrogens (tertiary/aromatic N) is 3. The van der Waals surface area contributed by atoms with Gasteiger partial charge in [0.25, 0.3) is 17.5 Å². The van der Waals surface area contributed by atoms with Crippen LogP contribution in [0.25, 0.3) is 22.4 Å². The van der Waals surface area contributed by atoms with Crippen molar-refractivity contribution in [2.24, 2.45) is 0 Å². The molecule has 5 rings (SSSR count). The Labute approximate surface area is 180 Å². The minimum absolute atomic E-state index is 0.110. The van der Waals surface area contributed by atoms with Crippen LogP contribution in [0.15, 0.2) is 40.9 Å². The maximum atomic E-state index is 13.1. The molecule has 0 N–H and O–H groups in total. The van der Waals surface area contributed by atoms with E-state index in [1.807, 2.05) is 19.9 Å². The molecular formula is C22H15N3O5S. The van der Waals surface area contributed by atoms with Crippen LogP contribution >= 0.6 is 11.3 Å². The van der Waals surface area contributed by atoms with E-state index in [9.17, 15) is 14.4 Å². The highest BCUT2D eigenvalue weighted by atomic mass is 32.1. The summed E-state index contributed by atoms with van der Waals surface area (Å²) in [7, 11) is 0. The van der Waals surface area contributed by atoms with Crippen LogP contribution < -0.4 is 0 Å². The van der Waals surface area contributed by atoms with Crippen LogP contribution in [0.2, 0.25) is 0 Å². The second-order valence-electron chi connectivity index (χ2n) is 7.16. The Morgan fingerprint density at radius 1 is 1.03 bits per heavy atom. The summed E-state index contributed by atoms with van der Waals surface area (Å²) in [6, 6.07) is 9.84. The van der Waals surface area contributed by atoms with Gasteiger partial charge in [0.1, 0.15) is 0 Å². The first kappa shape index (κ1) is 19.1. The van der Waals surface area contributed by atoms with Crippen molar-refractivity contribution < 1.29 is 23.7 Å². The molecule has 2 amide bonds. The predicted octanol–water partition coefficient (Wildman–Crippen LogP) is 4.24. The van der Waals surface area contributed by atoms with Gasteiger partial charge < -0.3 is 9.36 Å². The van der Waals surface area contributed by atoms with Gasteiger partial charge in [-0.2, -0.15) is 0 Å². The van der Waals surface area contributed by atoms with Crippen LogP contribution in [0.3, 0.4) is 0 Å². The fourth-order valence-corrected chi connectivity index (χ4v) is 4.59. The molecule has 3 aromatic heterocycles. The molecule has 31 heavy (non-hydrogen) atoms. The van der Waals surface area contributed by atoms with Crippen LogP contribution in [0.5, 0.6) is 0 Å². The quantitative estimate of drug-likeness (QED) is 0.445. The fraction of sp³-hybridized carbons (Fsp3) is 0.136. The van der Waals surface area contributed by atoms with Crippen molar-refractivity contribution in [1.82, 2.24) is 15.2 Å². The van der Waals surface area contributed by atoms with E-state index >= 15 is 0 Å². The molecule has 0 aliphatic carbocycles. The summed E-state index contributed by atoms with van der Waals surface area (Å²) in [5.74, 6) is -2.25. The molecule has 1 aromatic carbocycles. The monoisotopic (exact) mass is 433 g/mol. The molecule has 0 spiro atoms. The lowest BCUT2D eigenvalue weighted by Gasteiger charge is -2.13. The molecule has 8 nitrogen and oxygen atoms in total. The van der Waals surface area contributed by atoms with Crippen LogP contribution in [0.1, 0.15) is 46.5 Å². The number of fused-ring (bicyclic) bond motifs is 2. The number of benzene rings is 1. The summed E-state index contributed by atoms with van der Waals surface area (Å²) in [6.07, 6.45) is 0. The van der Waals surface area contributed by atoms with Crippen LogP contribution in [-0.2, 0) is 4.84 Å². The number of imide groups is 1. The van der Waals surface area contributed by atoms with Gasteiger partial charge in [-0.05, 0) is 45.0 Å². The molecule has 1 aliphatic rings. The Kier molecular flexibility index (Phi) is 4.23. The van der Waals surface area contributed by atoms with Gasteiger partial charge in [-0.1, -0.05) is 22.4 Å². The normalized spacial score (nSPS) is 13.2. The molecule has 0 saturated heterocycles. The Hall–Kier alpha value is -3.85. The number of aromatic nitrogens is 2. The molecule has 4 aromatic rings. The molecule has 0 bridgehead atoms. The Morgan fingerprint density at radius 2 is 1.71 bits per heavy atom. The third kappa shape index (κ3) is 2.93. The molecule has 0 radical (unpaired) electrons. The minimum Gasteiger partial charge on any atom is -0.335 e. The van der Waals surface area contributed by atoms with Gasteiger partial charge in [-0.25, -0.2) is 9.78 Å². The average molecular weight is 433 g/mol. The molecule has 154 valence electrons. The second-order valence-corrected chi connectivity index (χ2v) is 8.62. The number of carbonyl (C=O) groups excluding carboxylic acids is 3. The number of pyridine rings is 1. The molecule has 0 saturated carbocycles. The number of aryl methyl sites for hydroxylation is 3. The lowest BCUT2D eigenvalue weighted by atomic mass is 10.1. The molecular weight excluding hydrogens is 418 g/mol. The lowest BCUT2D eigenvalue weighted by molar-refractivity contribution is -0.0583. The topological polar surface area (TPSA) is 103 Å². The Bertz CT molecular complexity index is 1380. The van der Waals surface area contributed by atoms with Crippen LogP contribution in [0.4, 0.5) is 0 Å². The zero-order chi connectivity index (χ0) is 21.9. The second kappa shape index (κ2) is 6.85. The Morgan fingerprint density at radius 3 is 2.32 bits per heavy atom. The van der Waals surface area contributed by atoms with Crippen molar-refractivity contribution in [2.75, 3.05) is 0 Å². The van der Waals surface area contributed by atoms with Crippen molar-refractivity contribution in [2.45, 2.75) is 20.8 Å². The predicted molar refractivity (Wildman–Crippen MR) is 112 cm³/mol. The molecule has 0 atom stereocenters. The van der Waals surface area contributed by atoms with Crippen molar-refractivity contribution in [1.29, 1.82) is 0 Å². The number of hydroxylamine groups is 2. The molecule has 9 heteroatoms. The van der Waals surface area contributed by atoms with Gasteiger partial charge >= 0.3 is 5.97 Å². The van der Waals surface area contributed by atoms with Crippen LogP contribution in [-0.4, -0.2) is 33.0 Å². The van der Waals surface area contributed by atoms with Gasteiger partial charge in [-0.3, -0.25) is 9.59 Å². The summed E-state index contributed by atoms with van der Waals surface area (Å²) < 4.78 is 5.30. The third-order valence-electron chi connectivity index (χ3n) is 5.08. The van der Waals surface area contributed by atoms with E-state index < -0.39 is 17.8 Å². The minimum atomic E-state index is -0.876. The lowest BCUT2D eigenvalue weighted by Crippen LogP contribution is -2.32. The van der Waals surface area contributed by atoms with Crippen LogP contribution in [0, 0.1) is 20.8 Å². The first-order valence-electron chi connectivity index (χ1n) is 9.39. The summed E-state index contributed by atoms with van der Waals surface area (Å²) in [6.45, 7) is 5.61. The maximum Gasteiger partial charge on any atom is 0.364 e. The van der Waals surface area contributed by atoms with E-state index in [-0.39, 0.29) is 22.4 Å². The van der Waals surface area contributed by atoms with Crippen molar-refractivity contribution in [3.8, 4) is 11.3 Å². The van der Waals surface area contributed by atoms with Crippen molar-refractivity contribution in [3.63, 3.8) is 0 Å². The molecule has 0 fully saturated rings. The fourth-order valence-electron chi connectivity index (χ4n) is 3.66. The van der Waals surface area contributed by atoms with E-state index in [1.54, 1.807) is 36.5 Å². The number of hydrogen-bond acceptors (Lipinski definition) is 8. The number of thiophene rings is 1. The highest BCUT2D eigenvalue weighted by molar-refractivity contribution is 7.12. The van der Waals surface area contributed by atoms with Gasteiger partial charge in [0.05, 0.1) is 33.5 Å². The highest BCUT2D eigenvalue weighted by Crippen LogP contribution is 2.33. The highest BCUT2D eigenvalue weighted by Gasteiger charge is 2.39. The maximum absolute atomic E-state index is 13.1. The largest absolute Gasteiger partial charge is 0.364 e. The summed E-state index contributed by atoms with van der Waals surface area (Å²) >= 11 is 1.61. The van der Waals surface area contributed by atoms with E-state index in [4.69, 9.17) is 9.36 Å². The number of carbonyl (C=O) groups is 3. The van der Waals surface area contributed by atoms with E-state index in [0.29, 0.717) is 21.8 Å². The van der Waals surface area contributed by atoms with Gasteiger partial charge in [-0.15, -0.1) is 11.3 Å². The number of hydrogen-bond donors (Lipinski definition) is 0. The number of amides is 2. The summed E-state index contributed by atoms with van der Waals surface area (Å²) in [5, 5.41) is 4.76. The van der Waals surface area contributed by atoms with E-state index in [1.165, 1.54) is 12.1 Å². The number of rotatable bonds is 3. The summed E-state index contributed by atoms with van der Waals surface area (Å²) in [4.78, 5) is 50.2. The van der Waals surface area contributed by atoms with Crippen molar-refractivity contribution >= 4 is 40.2 Å². The first-order chi connectivity index (χ1) is 14.8. The zero-order valence-electron chi connectivity index (χ0n) is 16.8. The average Bonchev–Trinajstić information content (AvgIpc) is 3.37. The van der Waals surface area contributed by atoms with Crippen molar-refractivity contribution in [3.05, 3.63) is 68.5 Å². The standard InChI is InChI=1S/C22H15N3O5S/c1-10-8-15(12(3)31-10)17-9-16(18-11(2)24-29-19(18)23-17)22(28)30-25-20(26)13-6-4-5-7-14(13)21(25)27/h4-9H,1-3H3. The third-order valence-corrected chi connectivity index (χ3v) is 6.05. The molecule has 0 unspecified atom stereocenters. The zero-order valence-corrected chi connectivity index (χ0v) is 17.6.